The summed E-state index contributed by atoms with van der Waals surface area (Å²) in [6, 6.07) is 0. The van der Waals surface area contributed by atoms with Crippen LogP contribution in [-0.2, 0) is 23.9 Å². The summed E-state index contributed by atoms with van der Waals surface area (Å²) in [7, 11) is 0. The lowest BCUT2D eigenvalue weighted by Gasteiger charge is -2.58. The zero-order valence-corrected chi connectivity index (χ0v) is 11.2. The summed E-state index contributed by atoms with van der Waals surface area (Å²) in [6.07, 6.45) is 3.39. The fraction of sp³-hybridized carbons (Fsp3) is 0.786. The third-order valence-corrected chi connectivity index (χ3v) is 4.65. The van der Waals surface area contributed by atoms with Crippen LogP contribution in [0.2, 0.25) is 0 Å². The molecule has 5 heteroatoms. The summed E-state index contributed by atoms with van der Waals surface area (Å²) in [5.74, 6) is -0.452. The Kier molecular flexibility index (Phi) is 2.53. The standard InChI is InChI=1S/C14H18O5/c1-8(15)18-13-4-10-3-11(5-13)7-14(6-10,12(13)17)19-9(2)16/h10-11H,3-7H2,1-2H3. The summed E-state index contributed by atoms with van der Waals surface area (Å²) < 4.78 is 10.8. The first-order chi connectivity index (χ1) is 8.85. The quantitative estimate of drug-likeness (QED) is 0.706. The molecule has 0 N–H and O–H groups in total. The first-order valence-corrected chi connectivity index (χ1v) is 6.79. The molecule has 0 aromatic carbocycles. The zero-order chi connectivity index (χ0) is 13.8. The van der Waals surface area contributed by atoms with Crippen molar-refractivity contribution in [1.82, 2.24) is 0 Å². The summed E-state index contributed by atoms with van der Waals surface area (Å²) in [4.78, 5) is 35.4. The maximum absolute atomic E-state index is 12.7. The van der Waals surface area contributed by atoms with Gasteiger partial charge in [0.1, 0.15) is 0 Å². The van der Waals surface area contributed by atoms with E-state index in [9.17, 15) is 14.4 Å². The number of hydrogen-bond acceptors (Lipinski definition) is 5. The molecule has 104 valence electrons. The molecule has 4 bridgehead atoms. The van der Waals surface area contributed by atoms with Gasteiger partial charge in [0.25, 0.3) is 0 Å². The van der Waals surface area contributed by atoms with Crippen LogP contribution in [0.1, 0.15) is 46.0 Å². The molecule has 4 aliphatic carbocycles. The molecule has 0 heterocycles. The lowest BCUT2D eigenvalue weighted by atomic mass is 9.51. The van der Waals surface area contributed by atoms with Crippen LogP contribution in [0.25, 0.3) is 0 Å². The van der Waals surface area contributed by atoms with Crippen LogP contribution in [0.5, 0.6) is 0 Å². The Bertz CT molecular complexity index is 414. The zero-order valence-electron chi connectivity index (χ0n) is 11.2. The average molecular weight is 266 g/mol. The third kappa shape index (κ3) is 1.78. The number of ketones is 1. The van der Waals surface area contributed by atoms with E-state index in [4.69, 9.17) is 9.47 Å². The fourth-order valence-corrected chi connectivity index (χ4v) is 4.58. The Morgan fingerprint density at radius 1 is 0.947 bits per heavy atom. The van der Waals surface area contributed by atoms with Crippen molar-refractivity contribution < 1.29 is 23.9 Å². The number of hydrogen-bond donors (Lipinski definition) is 0. The van der Waals surface area contributed by atoms with Gasteiger partial charge >= 0.3 is 11.9 Å². The molecule has 0 aromatic heterocycles. The Balaban J connectivity index is 1.98. The van der Waals surface area contributed by atoms with Crippen LogP contribution in [0.3, 0.4) is 0 Å². The van der Waals surface area contributed by atoms with E-state index in [1.165, 1.54) is 13.8 Å². The number of Topliss-reactive ketones (excluding diaryl/α,β-unsaturated/α-hetero) is 1. The van der Waals surface area contributed by atoms with Gasteiger partial charge in [0, 0.05) is 13.8 Å². The minimum atomic E-state index is -1.04. The fourth-order valence-electron chi connectivity index (χ4n) is 4.58. The molecular weight excluding hydrogens is 248 g/mol. The van der Waals surface area contributed by atoms with Gasteiger partial charge in [-0.1, -0.05) is 0 Å². The number of ether oxygens (including phenoxy) is 2. The predicted molar refractivity (Wildman–Crippen MR) is 64.1 cm³/mol. The monoisotopic (exact) mass is 266 g/mol. The molecule has 5 nitrogen and oxygen atoms in total. The molecule has 0 aliphatic heterocycles. The first-order valence-electron chi connectivity index (χ1n) is 6.79. The van der Waals surface area contributed by atoms with Gasteiger partial charge < -0.3 is 9.47 Å². The Morgan fingerprint density at radius 3 is 1.63 bits per heavy atom. The number of esters is 2. The third-order valence-electron chi connectivity index (χ3n) is 4.65. The van der Waals surface area contributed by atoms with Crippen LogP contribution in [0.4, 0.5) is 0 Å². The molecule has 4 saturated carbocycles. The highest BCUT2D eigenvalue weighted by Crippen LogP contribution is 2.58. The second-order valence-electron chi connectivity index (χ2n) is 6.29. The van der Waals surface area contributed by atoms with Gasteiger partial charge in [-0.05, 0) is 43.9 Å². The van der Waals surface area contributed by atoms with Crippen molar-refractivity contribution in [3.05, 3.63) is 0 Å². The van der Waals surface area contributed by atoms with Crippen LogP contribution in [0, 0.1) is 11.8 Å². The lowest BCUT2D eigenvalue weighted by molar-refractivity contribution is -0.220. The second kappa shape index (κ2) is 3.81. The largest absolute Gasteiger partial charge is 0.451 e. The van der Waals surface area contributed by atoms with E-state index in [2.05, 4.69) is 0 Å². The van der Waals surface area contributed by atoms with E-state index >= 15 is 0 Å². The normalized spacial score (nSPS) is 43.2. The van der Waals surface area contributed by atoms with Crippen LogP contribution < -0.4 is 0 Å². The van der Waals surface area contributed by atoms with Crippen molar-refractivity contribution >= 4 is 17.7 Å². The van der Waals surface area contributed by atoms with Gasteiger partial charge in [0.05, 0.1) is 0 Å². The molecule has 0 aromatic rings. The molecule has 4 rings (SSSR count). The van der Waals surface area contributed by atoms with Gasteiger partial charge in [-0.2, -0.15) is 0 Å². The SMILES string of the molecule is CC(=O)OC12CC3CC(C1)CC(OC(C)=O)(C3)C2=O. The molecule has 4 fully saturated rings. The number of rotatable bonds is 2. The van der Waals surface area contributed by atoms with E-state index in [0.717, 1.165) is 6.42 Å². The van der Waals surface area contributed by atoms with Crippen molar-refractivity contribution in [1.29, 1.82) is 0 Å². The Labute approximate surface area is 111 Å². The summed E-state index contributed by atoms with van der Waals surface area (Å²) in [5, 5.41) is 0. The van der Waals surface area contributed by atoms with Crippen molar-refractivity contribution in [3.8, 4) is 0 Å². The minimum absolute atomic E-state index is 0.197. The van der Waals surface area contributed by atoms with Crippen molar-refractivity contribution in [2.24, 2.45) is 11.8 Å². The number of carbonyl (C=O) groups is 3. The van der Waals surface area contributed by atoms with E-state index in [1.54, 1.807) is 0 Å². The first kappa shape index (κ1) is 12.6. The summed E-state index contributed by atoms with van der Waals surface area (Å²) in [5.41, 5.74) is -2.07. The van der Waals surface area contributed by atoms with E-state index in [-0.39, 0.29) is 5.78 Å². The maximum Gasteiger partial charge on any atom is 0.303 e. The smallest absolute Gasteiger partial charge is 0.303 e. The molecule has 19 heavy (non-hydrogen) atoms. The second-order valence-corrected chi connectivity index (χ2v) is 6.29. The van der Waals surface area contributed by atoms with Gasteiger partial charge in [0.15, 0.2) is 11.2 Å². The summed E-state index contributed by atoms with van der Waals surface area (Å²) in [6.45, 7) is 2.65. The molecule has 0 atom stereocenters. The van der Waals surface area contributed by atoms with E-state index < -0.39 is 23.1 Å². The topological polar surface area (TPSA) is 69.7 Å². The van der Waals surface area contributed by atoms with Crippen LogP contribution in [0.15, 0.2) is 0 Å². The van der Waals surface area contributed by atoms with Crippen molar-refractivity contribution in [2.45, 2.75) is 57.2 Å². The molecular formula is C14H18O5. The minimum Gasteiger partial charge on any atom is -0.451 e. The van der Waals surface area contributed by atoms with Crippen LogP contribution >= 0.6 is 0 Å². The van der Waals surface area contributed by atoms with Gasteiger partial charge in [-0.25, -0.2) is 0 Å². The Morgan fingerprint density at radius 2 is 1.32 bits per heavy atom. The highest BCUT2D eigenvalue weighted by atomic mass is 16.6. The summed E-state index contributed by atoms with van der Waals surface area (Å²) >= 11 is 0. The molecule has 0 saturated heterocycles. The molecule has 0 amide bonds. The Hall–Kier alpha value is -1.39. The van der Waals surface area contributed by atoms with Gasteiger partial charge in [-0.15, -0.1) is 0 Å². The van der Waals surface area contributed by atoms with Crippen molar-refractivity contribution in [3.63, 3.8) is 0 Å². The molecule has 0 radical (unpaired) electrons. The average Bonchev–Trinajstić information content (AvgIpc) is 2.22. The predicted octanol–water partition coefficient (Wildman–Crippen LogP) is 1.38. The van der Waals surface area contributed by atoms with Gasteiger partial charge in [0.2, 0.25) is 5.78 Å². The lowest BCUT2D eigenvalue weighted by Crippen LogP contribution is -2.69. The van der Waals surface area contributed by atoms with Gasteiger partial charge in [-0.3, -0.25) is 14.4 Å². The van der Waals surface area contributed by atoms with E-state index in [1.807, 2.05) is 0 Å². The molecule has 0 unspecified atom stereocenters. The molecule has 0 spiro atoms. The highest BCUT2D eigenvalue weighted by molar-refractivity contribution is 5.99. The van der Waals surface area contributed by atoms with E-state index in [0.29, 0.717) is 37.5 Å². The van der Waals surface area contributed by atoms with Crippen LogP contribution in [-0.4, -0.2) is 28.9 Å². The highest BCUT2D eigenvalue weighted by Gasteiger charge is 2.67. The molecule has 4 aliphatic rings. The maximum atomic E-state index is 12.7. The van der Waals surface area contributed by atoms with Crippen molar-refractivity contribution in [2.75, 3.05) is 0 Å². The number of carbonyl (C=O) groups excluding carboxylic acids is 3.